The summed E-state index contributed by atoms with van der Waals surface area (Å²) in [6.45, 7) is 9.45. The highest BCUT2D eigenvalue weighted by atomic mass is 16.5. The highest BCUT2D eigenvalue weighted by Gasteiger charge is 2.14. The lowest BCUT2D eigenvalue weighted by Crippen LogP contribution is -2.09. The van der Waals surface area contributed by atoms with Crippen LogP contribution in [0.3, 0.4) is 0 Å². The number of benzene rings is 1. The molecule has 0 radical (unpaired) electrons. The fourth-order valence-electron chi connectivity index (χ4n) is 2.34. The van der Waals surface area contributed by atoms with E-state index in [9.17, 15) is 4.79 Å². The topological polar surface area (TPSA) is 35.5 Å². The second-order valence-corrected chi connectivity index (χ2v) is 6.04. The van der Waals surface area contributed by atoms with Gasteiger partial charge in [-0.15, -0.1) is 0 Å². The molecule has 0 fully saturated rings. The van der Waals surface area contributed by atoms with Crippen molar-refractivity contribution in [2.75, 3.05) is 13.2 Å². The average Bonchev–Trinajstić information content (AvgIpc) is 2.47. The molecule has 0 bridgehead atoms. The Bertz CT molecular complexity index is 452. The summed E-state index contributed by atoms with van der Waals surface area (Å²) >= 11 is 0. The standard InChI is InChI=1S/C19H30O3/c1-5-9-16-11-12-17(19(20)21-6-2)18(14-16)22-13-8-7-10-15(3)4/h11-12,14-15H,5-10,13H2,1-4H3. The minimum Gasteiger partial charge on any atom is -0.493 e. The minimum atomic E-state index is -0.303. The molecule has 0 amide bonds. The number of hydrogen-bond donors (Lipinski definition) is 0. The first-order chi connectivity index (χ1) is 10.6. The smallest absolute Gasteiger partial charge is 0.341 e. The predicted molar refractivity (Wildman–Crippen MR) is 90.6 cm³/mol. The van der Waals surface area contributed by atoms with Crippen molar-refractivity contribution in [2.24, 2.45) is 5.92 Å². The van der Waals surface area contributed by atoms with Crippen molar-refractivity contribution in [3.8, 4) is 5.75 Å². The Morgan fingerprint density at radius 3 is 2.59 bits per heavy atom. The van der Waals surface area contributed by atoms with Crippen LogP contribution < -0.4 is 4.74 Å². The molecular weight excluding hydrogens is 276 g/mol. The van der Waals surface area contributed by atoms with Crippen LogP contribution in [0, 0.1) is 5.92 Å². The van der Waals surface area contributed by atoms with Gasteiger partial charge in [0.2, 0.25) is 0 Å². The van der Waals surface area contributed by atoms with E-state index < -0.39 is 0 Å². The van der Waals surface area contributed by atoms with E-state index in [1.807, 2.05) is 25.1 Å². The zero-order chi connectivity index (χ0) is 16.4. The predicted octanol–water partition coefficient (Wildman–Crippen LogP) is 5.02. The van der Waals surface area contributed by atoms with E-state index >= 15 is 0 Å². The largest absolute Gasteiger partial charge is 0.493 e. The second-order valence-electron chi connectivity index (χ2n) is 6.04. The molecular formula is C19H30O3. The molecule has 22 heavy (non-hydrogen) atoms. The molecule has 1 aromatic carbocycles. The second kappa shape index (κ2) is 10.3. The molecule has 0 aliphatic heterocycles. The maximum Gasteiger partial charge on any atom is 0.341 e. The maximum atomic E-state index is 12.0. The summed E-state index contributed by atoms with van der Waals surface area (Å²) in [7, 11) is 0. The van der Waals surface area contributed by atoms with Crippen molar-refractivity contribution in [1.82, 2.24) is 0 Å². The van der Waals surface area contributed by atoms with Crippen molar-refractivity contribution in [2.45, 2.75) is 59.8 Å². The van der Waals surface area contributed by atoms with E-state index in [-0.39, 0.29) is 5.97 Å². The molecule has 0 heterocycles. The molecule has 0 aliphatic carbocycles. The molecule has 1 rings (SSSR count). The molecule has 0 aromatic heterocycles. The van der Waals surface area contributed by atoms with Gasteiger partial charge in [0.1, 0.15) is 11.3 Å². The van der Waals surface area contributed by atoms with Crippen LogP contribution in [0.25, 0.3) is 0 Å². The van der Waals surface area contributed by atoms with Gasteiger partial charge in [0.05, 0.1) is 13.2 Å². The summed E-state index contributed by atoms with van der Waals surface area (Å²) < 4.78 is 11.0. The van der Waals surface area contributed by atoms with E-state index in [0.29, 0.717) is 24.5 Å². The van der Waals surface area contributed by atoms with Crippen LogP contribution in [0.2, 0.25) is 0 Å². The first-order valence-corrected chi connectivity index (χ1v) is 8.51. The van der Waals surface area contributed by atoms with E-state index in [0.717, 1.165) is 31.6 Å². The number of carbonyl (C=O) groups is 1. The van der Waals surface area contributed by atoms with Gasteiger partial charge < -0.3 is 9.47 Å². The molecule has 0 unspecified atom stereocenters. The van der Waals surface area contributed by atoms with Gasteiger partial charge in [0.25, 0.3) is 0 Å². The lowest BCUT2D eigenvalue weighted by atomic mass is 10.1. The monoisotopic (exact) mass is 306 g/mol. The van der Waals surface area contributed by atoms with Crippen LogP contribution in [0.1, 0.15) is 69.3 Å². The third-order valence-corrected chi connectivity index (χ3v) is 3.51. The third-order valence-electron chi connectivity index (χ3n) is 3.51. The first-order valence-electron chi connectivity index (χ1n) is 8.51. The number of unbranched alkanes of at least 4 members (excludes halogenated alkanes) is 1. The minimum absolute atomic E-state index is 0.303. The Morgan fingerprint density at radius 2 is 1.95 bits per heavy atom. The van der Waals surface area contributed by atoms with Crippen molar-refractivity contribution < 1.29 is 14.3 Å². The highest BCUT2D eigenvalue weighted by Crippen LogP contribution is 2.23. The summed E-state index contributed by atoms with van der Waals surface area (Å²) in [5.41, 5.74) is 1.73. The van der Waals surface area contributed by atoms with Crippen molar-refractivity contribution in [3.05, 3.63) is 29.3 Å². The van der Waals surface area contributed by atoms with Crippen LogP contribution in [-0.4, -0.2) is 19.2 Å². The summed E-state index contributed by atoms with van der Waals surface area (Å²) in [6, 6.07) is 5.80. The molecule has 3 heteroatoms. The van der Waals surface area contributed by atoms with E-state index in [4.69, 9.17) is 9.47 Å². The number of carbonyl (C=O) groups excluding carboxylic acids is 1. The summed E-state index contributed by atoms with van der Waals surface area (Å²) in [4.78, 5) is 12.0. The van der Waals surface area contributed by atoms with Crippen LogP contribution in [0.4, 0.5) is 0 Å². The Labute approximate surface area is 135 Å². The van der Waals surface area contributed by atoms with Gasteiger partial charge in [0.15, 0.2) is 0 Å². The van der Waals surface area contributed by atoms with E-state index in [1.165, 1.54) is 12.0 Å². The van der Waals surface area contributed by atoms with Gasteiger partial charge >= 0.3 is 5.97 Å². The van der Waals surface area contributed by atoms with Crippen molar-refractivity contribution >= 4 is 5.97 Å². The van der Waals surface area contributed by atoms with Gasteiger partial charge in [-0.25, -0.2) is 4.79 Å². The molecule has 124 valence electrons. The van der Waals surface area contributed by atoms with Crippen LogP contribution in [-0.2, 0) is 11.2 Å². The Hall–Kier alpha value is -1.51. The Morgan fingerprint density at radius 1 is 1.18 bits per heavy atom. The van der Waals surface area contributed by atoms with Gasteiger partial charge in [-0.2, -0.15) is 0 Å². The fraction of sp³-hybridized carbons (Fsp3) is 0.632. The molecule has 0 N–H and O–H groups in total. The van der Waals surface area contributed by atoms with Crippen molar-refractivity contribution in [1.29, 1.82) is 0 Å². The number of rotatable bonds is 10. The highest BCUT2D eigenvalue weighted by molar-refractivity contribution is 5.92. The molecule has 0 aliphatic rings. The molecule has 0 atom stereocenters. The lowest BCUT2D eigenvalue weighted by Gasteiger charge is -2.13. The zero-order valence-electron chi connectivity index (χ0n) is 14.5. The Kier molecular flexibility index (Phi) is 8.64. The van der Waals surface area contributed by atoms with Crippen LogP contribution in [0.5, 0.6) is 5.75 Å². The number of hydrogen-bond acceptors (Lipinski definition) is 3. The number of esters is 1. The molecule has 0 spiro atoms. The van der Waals surface area contributed by atoms with Crippen LogP contribution >= 0.6 is 0 Å². The zero-order valence-corrected chi connectivity index (χ0v) is 14.5. The van der Waals surface area contributed by atoms with Gasteiger partial charge in [-0.05, 0) is 49.8 Å². The summed E-state index contributed by atoms with van der Waals surface area (Å²) in [6.07, 6.45) is 5.45. The molecule has 0 saturated carbocycles. The Balaban J connectivity index is 2.70. The van der Waals surface area contributed by atoms with Crippen LogP contribution in [0.15, 0.2) is 18.2 Å². The molecule has 1 aromatic rings. The number of aryl methyl sites for hydroxylation is 1. The van der Waals surface area contributed by atoms with Gasteiger partial charge in [-0.3, -0.25) is 0 Å². The first kappa shape index (κ1) is 18.5. The maximum absolute atomic E-state index is 12.0. The average molecular weight is 306 g/mol. The number of ether oxygens (including phenoxy) is 2. The lowest BCUT2D eigenvalue weighted by molar-refractivity contribution is 0.0521. The van der Waals surface area contributed by atoms with Gasteiger partial charge in [0, 0.05) is 0 Å². The molecule has 0 saturated heterocycles. The normalized spacial score (nSPS) is 10.8. The summed E-state index contributed by atoms with van der Waals surface area (Å²) in [5, 5.41) is 0. The SMILES string of the molecule is CCCc1ccc(C(=O)OCC)c(OCCCCC(C)C)c1. The third kappa shape index (κ3) is 6.50. The fourth-order valence-corrected chi connectivity index (χ4v) is 2.34. The molecule has 3 nitrogen and oxygen atoms in total. The van der Waals surface area contributed by atoms with Gasteiger partial charge in [-0.1, -0.05) is 39.7 Å². The quantitative estimate of drug-likeness (QED) is 0.450. The van der Waals surface area contributed by atoms with Crippen molar-refractivity contribution in [3.63, 3.8) is 0 Å². The van der Waals surface area contributed by atoms with E-state index in [1.54, 1.807) is 0 Å². The van der Waals surface area contributed by atoms with E-state index in [2.05, 4.69) is 20.8 Å². The summed E-state index contributed by atoms with van der Waals surface area (Å²) in [5.74, 6) is 1.08.